The number of amidine groups is 4. The van der Waals surface area contributed by atoms with Crippen LogP contribution in [0.25, 0.3) is 17.7 Å². The van der Waals surface area contributed by atoms with E-state index >= 15 is 0 Å². The van der Waals surface area contributed by atoms with Crippen LogP contribution < -0.4 is 15.5 Å². The summed E-state index contributed by atoms with van der Waals surface area (Å²) in [6, 6.07) is 38.3. The van der Waals surface area contributed by atoms with Crippen molar-refractivity contribution in [3.05, 3.63) is 253 Å². The molecule has 0 amide bonds. The van der Waals surface area contributed by atoms with E-state index in [1.165, 1.54) is 4.88 Å². The van der Waals surface area contributed by atoms with Crippen molar-refractivity contribution in [3.63, 3.8) is 0 Å². The summed E-state index contributed by atoms with van der Waals surface area (Å²) >= 11 is 1.76. The van der Waals surface area contributed by atoms with Crippen LogP contribution in [-0.2, 0) is 13.1 Å². The van der Waals surface area contributed by atoms with Gasteiger partial charge in [-0.25, -0.2) is 15.0 Å². The number of hydrogen-bond donors (Lipinski definition) is 1. The number of nitrogens with two attached hydrogens (primary N) is 1. The molecule has 2 N–H and O–H groups in total. The van der Waals surface area contributed by atoms with E-state index in [0.29, 0.717) is 36.4 Å². The Bertz CT molecular complexity index is 2930. The van der Waals surface area contributed by atoms with Crippen molar-refractivity contribution < 1.29 is 0 Å². The van der Waals surface area contributed by atoms with Crippen molar-refractivity contribution in [2.24, 2.45) is 30.7 Å². The molecule has 0 aliphatic rings. The highest BCUT2D eigenvalue weighted by molar-refractivity contribution is 7.11. The molecule has 1 aromatic heterocycles. The van der Waals surface area contributed by atoms with E-state index in [1.807, 2.05) is 124 Å². The maximum absolute atomic E-state index is 6.57. The fraction of sp³-hybridized carbons (Fsp3) is 0.136. The Hall–Kier alpha value is -7.61. The minimum absolute atomic E-state index is 0.405. The standard InChI is InChI=1S/C59H60N6S/c1-10-25-50(26-11-2)59(65-57(61-9)51-32-23-18-24-33-51)63-41-45-34-36-48(37-35-45)52(15-6)54-42(7)43(8)55(66-54)53(27-12-3)46(13-4)38-39-47(14-5)58(62-40-44-28-19-16-20-29-44)64-56(60)49-30-21-17-22-31-49/h10-39H,1,8-9,40-41H2,2-7H3,(H2,60,62,64)/b26-11-,27-12-,39-38-,46-13+,47-14+,50-25+,52-15-,55-53-,63-59?,65-57?. The van der Waals surface area contributed by atoms with Crippen LogP contribution in [0.3, 0.4) is 0 Å². The Morgan fingerprint density at radius 2 is 1.15 bits per heavy atom. The number of nitrogens with zero attached hydrogens (tertiary/aromatic N) is 5. The Morgan fingerprint density at radius 3 is 1.70 bits per heavy atom. The number of allylic oxidation sites excluding steroid dienone is 10. The Balaban J connectivity index is 1.49. The second kappa shape index (κ2) is 25.6. The lowest BCUT2D eigenvalue weighted by Gasteiger charge is -2.09. The number of thiophene rings is 1. The Morgan fingerprint density at radius 1 is 0.606 bits per heavy atom. The third-order valence-electron chi connectivity index (χ3n) is 10.5. The van der Waals surface area contributed by atoms with Gasteiger partial charge in [-0.2, -0.15) is 0 Å². The quantitative estimate of drug-likeness (QED) is 0.0597. The summed E-state index contributed by atoms with van der Waals surface area (Å²) in [5.41, 5.74) is 17.6. The maximum atomic E-state index is 6.57. The first-order valence-electron chi connectivity index (χ1n) is 22.0. The molecule has 0 aliphatic carbocycles. The van der Waals surface area contributed by atoms with Crippen molar-refractivity contribution in [3.8, 4) is 0 Å². The molecule has 4 aromatic carbocycles. The van der Waals surface area contributed by atoms with E-state index in [0.717, 1.165) is 71.0 Å². The van der Waals surface area contributed by atoms with Crippen LogP contribution in [0.1, 0.15) is 72.9 Å². The highest BCUT2D eigenvalue weighted by atomic mass is 32.1. The van der Waals surface area contributed by atoms with Crippen molar-refractivity contribution in [2.75, 3.05) is 0 Å². The fourth-order valence-electron chi connectivity index (χ4n) is 7.01. The number of aliphatic imine (C=N–C) groups is 5. The Labute approximate surface area is 396 Å². The summed E-state index contributed by atoms with van der Waals surface area (Å²) in [5.74, 6) is 2.01. The summed E-state index contributed by atoms with van der Waals surface area (Å²) in [6.45, 7) is 25.5. The third kappa shape index (κ3) is 13.2. The SMILES string of the molecule is C=C/C=C(\C=C/C)C(=NCc1ccc(/C(=C/C)c2s/c(=C(/C=C\C)C(\C=C/C(=C\C)C(=NCc3ccccc3)N=C(N)c3ccccc3)=C\C)c(=C)c2C)cc1)N=C(N=C)c1ccccc1. The van der Waals surface area contributed by atoms with Gasteiger partial charge in [0.2, 0.25) is 0 Å². The van der Waals surface area contributed by atoms with Gasteiger partial charge in [-0.3, -0.25) is 9.98 Å². The summed E-state index contributed by atoms with van der Waals surface area (Å²) in [5, 5.41) is 0.999. The first-order valence-corrected chi connectivity index (χ1v) is 22.8. The fourth-order valence-corrected chi connectivity index (χ4v) is 8.41. The van der Waals surface area contributed by atoms with Crippen LogP contribution in [0.5, 0.6) is 0 Å². The lowest BCUT2D eigenvalue weighted by atomic mass is 9.99. The smallest absolute Gasteiger partial charge is 0.161 e. The van der Waals surface area contributed by atoms with E-state index < -0.39 is 0 Å². The van der Waals surface area contributed by atoms with Crippen LogP contribution >= 0.6 is 11.3 Å². The lowest BCUT2D eigenvalue weighted by Crippen LogP contribution is -2.21. The monoisotopic (exact) mass is 884 g/mol. The van der Waals surface area contributed by atoms with Gasteiger partial charge in [0.05, 0.1) is 13.1 Å². The zero-order valence-corrected chi connectivity index (χ0v) is 39.9. The zero-order chi connectivity index (χ0) is 47.3. The molecule has 0 saturated heterocycles. The number of rotatable bonds is 16. The molecule has 7 heteroatoms. The van der Waals surface area contributed by atoms with Gasteiger partial charge in [0, 0.05) is 31.7 Å². The van der Waals surface area contributed by atoms with E-state index in [2.05, 4.69) is 118 Å². The van der Waals surface area contributed by atoms with E-state index in [4.69, 9.17) is 25.7 Å². The molecule has 5 rings (SSSR count). The maximum Gasteiger partial charge on any atom is 0.161 e. The Kier molecular flexibility index (Phi) is 19.2. The molecule has 66 heavy (non-hydrogen) atoms. The van der Waals surface area contributed by atoms with Crippen LogP contribution in [0.4, 0.5) is 0 Å². The van der Waals surface area contributed by atoms with E-state index in [9.17, 15) is 0 Å². The van der Waals surface area contributed by atoms with E-state index in [-0.39, 0.29) is 0 Å². The van der Waals surface area contributed by atoms with Crippen LogP contribution in [0.2, 0.25) is 0 Å². The van der Waals surface area contributed by atoms with Gasteiger partial charge in [-0.05, 0) is 92.5 Å². The molecule has 0 saturated carbocycles. The summed E-state index contributed by atoms with van der Waals surface area (Å²) in [4.78, 5) is 25.1. The molecule has 0 spiro atoms. The van der Waals surface area contributed by atoms with Crippen molar-refractivity contribution in [1.29, 1.82) is 0 Å². The molecule has 332 valence electrons. The van der Waals surface area contributed by atoms with Gasteiger partial charge >= 0.3 is 0 Å². The van der Waals surface area contributed by atoms with Crippen molar-refractivity contribution >= 4 is 59.1 Å². The molecule has 0 bridgehead atoms. The first kappa shape index (κ1) is 49.4. The molecule has 0 radical (unpaired) electrons. The molecule has 1 heterocycles. The number of hydrogen-bond acceptors (Lipinski definition) is 3. The van der Waals surface area contributed by atoms with Gasteiger partial charge < -0.3 is 5.73 Å². The first-order chi connectivity index (χ1) is 32.2. The van der Waals surface area contributed by atoms with Gasteiger partial charge in [0.1, 0.15) is 5.84 Å². The molecule has 0 fully saturated rings. The van der Waals surface area contributed by atoms with Crippen LogP contribution in [0, 0.1) is 6.92 Å². The zero-order valence-electron chi connectivity index (χ0n) is 39.1. The topological polar surface area (TPSA) is 87.8 Å². The molecular formula is C59H60N6S. The summed E-state index contributed by atoms with van der Waals surface area (Å²) in [6.07, 6.45) is 22.4. The predicted molar refractivity (Wildman–Crippen MR) is 289 cm³/mol. The van der Waals surface area contributed by atoms with Gasteiger partial charge in [0.15, 0.2) is 17.5 Å². The minimum atomic E-state index is 0.405. The molecule has 0 unspecified atom stereocenters. The lowest BCUT2D eigenvalue weighted by molar-refractivity contribution is 1.06. The summed E-state index contributed by atoms with van der Waals surface area (Å²) < 4.78 is 1.11. The third-order valence-corrected chi connectivity index (χ3v) is 11.9. The average Bonchev–Trinajstić information content (AvgIpc) is 3.64. The second-order valence-corrected chi connectivity index (χ2v) is 16.0. The van der Waals surface area contributed by atoms with Crippen LogP contribution in [0.15, 0.2) is 230 Å². The predicted octanol–water partition coefficient (Wildman–Crippen LogP) is 12.8. The molecular weight excluding hydrogens is 825 g/mol. The van der Waals surface area contributed by atoms with Gasteiger partial charge in [0.25, 0.3) is 0 Å². The highest BCUT2D eigenvalue weighted by Crippen LogP contribution is 2.29. The van der Waals surface area contributed by atoms with Gasteiger partial charge in [-0.1, -0.05) is 195 Å². The number of benzene rings is 4. The van der Waals surface area contributed by atoms with E-state index in [1.54, 1.807) is 17.4 Å². The molecule has 6 nitrogen and oxygen atoms in total. The molecule has 5 aromatic rings. The highest BCUT2D eigenvalue weighted by Gasteiger charge is 2.15. The van der Waals surface area contributed by atoms with Gasteiger partial charge in [-0.15, -0.1) is 11.3 Å². The minimum Gasteiger partial charge on any atom is -0.383 e. The molecule has 0 aliphatic heterocycles. The normalized spacial score (nSPS) is 14.5. The summed E-state index contributed by atoms with van der Waals surface area (Å²) in [7, 11) is 0. The largest absolute Gasteiger partial charge is 0.383 e. The average molecular weight is 885 g/mol. The second-order valence-electron chi connectivity index (χ2n) is 14.9. The van der Waals surface area contributed by atoms with Crippen LogP contribution in [-0.4, -0.2) is 30.1 Å². The van der Waals surface area contributed by atoms with Crippen molar-refractivity contribution in [1.82, 2.24) is 0 Å². The molecule has 0 atom stereocenters. The van der Waals surface area contributed by atoms with Crippen molar-refractivity contribution in [2.45, 2.75) is 54.6 Å².